The standard InChI is InChI=1S/C14H28N2O3/c1-5-12-9-19-7-6-16(12)13(18)15-10-14(3,4)8-11(2)17/h11-12,17H,5-10H2,1-4H3,(H,15,18). The van der Waals surface area contributed by atoms with Gasteiger partial charge in [-0.1, -0.05) is 20.8 Å². The van der Waals surface area contributed by atoms with Gasteiger partial charge < -0.3 is 20.1 Å². The maximum Gasteiger partial charge on any atom is 0.317 e. The number of nitrogens with one attached hydrogen (secondary N) is 1. The maximum atomic E-state index is 12.2. The lowest BCUT2D eigenvalue weighted by atomic mass is 9.87. The average molecular weight is 272 g/mol. The van der Waals surface area contributed by atoms with E-state index in [0.29, 0.717) is 32.7 Å². The van der Waals surface area contributed by atoms with Crippen LogP contribution in [0.3, 0.4) is 0 Å². The van der Waals surface area contributed by atoms with Crippen molar-refractivity contribution in [3.63, 3.8) is 0 Å². The summed E-state index contributed by atoms with van der Waals surface area (Å²) in [7, 11) is 0. The molecule has 1 saturated heterocycles. The van der Waals surface area contributed by atoms with Crippen LogP contribution < -0.4 is 5.32 Å². The molecule has 5 heteroatoms. The van der Waals surface area contributed by atoms with E-state index in [0.717, 1.165) is 6.42 Å². The van der Waals surface area contributed by atoms with Crippen molar-refractivity contribution in [1.82, 2.24) is 10.2 Å². The number of ether oxygens (including phenoxy) is 1. The second-order valence-corrected chi connectivity index (χ2v) is 6.21. The number of aliphatic hydroxyl groups is 1. The fraction of sp³-hybridized carbons (Fsp3) is 0.929. The van der Waals surface area contributed by atoms with Crippen LogP contribution in [-0.2, 0) is 4.74 Å². The molecule has 0 aliphatic carbocycles. The third kappa shape index (κ3) is 5.37. The van der Waals surface area contributed by atoms with Gasteiger partial charge in [0.15, 0.2) is 0 Å². The first kappa shape index (κ1) is 16.2. The largest absolute Gasteiger partial charge is 0.393 e. The number of urea groups is 1. The molecule has 1 aliphatic rings. The molecule has 0 saturated carbocycles. The second kappa shape index (κ2) is 7.10. The molecule has 5 nitrogen and oxygen atoms in total. The van der Waals surface area contributed by atoms with Gasteiger partial charge in [-0.3, -0.25) is 0 Å². The zero-order valence-electron chi connectivity index (χ0n) is 12.6. The first-order chi connectivity index (χ1) is 8.85. The van der Waals surface area contributed by atoms with Crippen LogP contribution in [-0.4, -0.2) is 54.5 Å². The van der Waals surface area contributed by atoms with Crippen molar-refractivity contribution in [2.45, 2.75) is 52.7 Å². The minimum atomic E-state index is -0.348. The monoisotopic (exact) mass is 272 g/mol. The van der Waals surface area contributed by atoms with E-state index < -0.39 is 0 Å². The quantitative estimate of drug-likeness (QED) is 0.799. The predicted octanol–water partition coefficient (Wildman–Crippen LogP) is 1.60. The number of hydrogen-bond acceptors (Lipinski definition) is 3. The number of carbonyl (C=O) groups excluding carboxylic acids is 1. The number of morpholine rings is 1. The summed E-state index contributed by atoms with van der Waals surface area (Å²) < 4.78 is 5.40. The summed E-state index contributed by atoms with van der Waals surface area (Å²) in [5.41, 5.74) is -0.0994. The highest BCUT2D eigenvalue weighted by Gasteiger charge is 2.27. The Balaban J connectivity index is 2.45. The zero-order valence-corrected chi connectivity index (χ0v) is 12.6. The van der Waals surface area contributed by atoms with Crippen LogP contribution in [0.5, 0.6) is 0 Å². The minimum Gasteiger partial charge on any atom is -0.393 e. The molecular weight excluding hydrogens is 244 g/mol. The number of aliphatic hydroxyl groups excluding tert-OH is 1. The van der Waals surface area contributed by atoms with Gasteiger partial charge in [0.05, 0.1) is 25.4 Å². The van der Waals surface area contributed by atoms with Gasteiger partial charge in [0.2, 0.25) is 0 Å². The van der Waals surface area contributed by atoms with Gasteiger partial charge in [-0.2, -0.15) is 0 Å². The van der Waals surface area contributed by atoms with Gasteiger partial charge in [-0.05, 0) is 25.2 Å². The molecule has 0 bridgehead atoms. The number of rotatable bonds is 5. The molecule has 0 aromatic rings. The average Bonchev–Trinajstić information content (AvgIpc) is 2.34. The topological polar surface area (TPSA) is 61.8 Å². The van der Waals surface area contributed by atoms with Crippen molar-refractivity contribution < 1.29 is 14.6 Å². The van der Waals surface area contributed by atoms with Crippen LogP contribution in [0.25, 0.3) is 0 Å². The summed E-state index contributed by atoms with van der Waals surface area (Å²) in [4.78, 5) is 14.1. The van der Waals surface area contributed by atoms with Crippen molar-refractivity contribution in [3.8, 4) is 0 Å². The van der Waals surface area contributed by atoms with E-state index in [9.17, 15) is 9.90 Å². The van der Waals surface area contributed by atoms with Gasteiger partial charge in [-0.25, -0.2) is 4.79 Å². The van der Waals surface area contributed by atoms with E-state index in [1.807, 2.05) is 4.90 Å². The molecule has 2 amide bonds. The highest BCUT2D eigenvalue weighted by Crippen LogP contribution is 2.21. The van der Waals surface area contributed by atoms with E-state index in [1.54, 1.807) is 6.92 Å². The Labute approximate surface area is 116 Å². The molecule has 0 radical (unpaired) electrons. The van der Waals surface area contributed by atoms with E-state index in [-0.39, 0.29) is 23.6 Å². The van der Waals surface area contributed by atoms with Crippen LogP contribution in [0.4, 0.5) is 4.79 Å². The SMILES string of the molecule is CCC1COCCN1C(=O)NCC(C)(C)CC(C)O. The Morgan fingerprint density at radius 1 is 1.58 bits per heavy atom. The molecule has 1 heterocycles. The molecule has 1 aliphatic heterocycles. The highest BCUT2D eigenvalue weighted by molar-refractivity contribution is 5.74. The van der Waals surface area contributed by atoms with Gasteiger partial charge in [0, 0.05) is 13.1 Å². The lowest BCUT2D eigenvalue weighted by Gasteiger charge is -2.36. The summed E-state index contributed by atoms with van der Waals surface area (Å²) >= 11 is 0. The number of nitrogens with zero attached hydrogens (tertiary/aromatic N) is 1. The molecule has 0 aromatic carbocycles. The molecule has 1 fully saturated rings. The van der Waals surface area contributed by atoms with Gasteiger partial charge in [-0.15, -0.1) is 0 Å². The molecule has 2 unspecified atom stereocenters. The van der Waals surface area contributed by atoms with Gasteiger partial charge in [0.1, 0.15) is 0 Å². The number of amides is 2. The molecule has 0 aromatic heterocycles. The zero-order chi connectivity index (χ0) is 14.5. The molecule has 2 atom stereocenters. The van der Waals surface area contributed by atoms with E-state index >= 15 is 0 Å². The smallest absolute Gasteiger partial charge is 0.317 e. The van der Waals surface area contributed by atoms with Crippen LogP contribution in [0.15, 0.2) is 0 Å². The maximum absolute atomic E-state index is 12.2. The Kier molecular flexibility index (Phi) is 6.07. The summed E-state index contributed by atoms with van der Waals surface area (Å²) in [6, 6.07) is 0.155. The lowest BCUT2D eigenvalue weighted by Crippen LogP contribution is -2.53. The van der Waals surface area contributed by atoms with Crippen molar-refractivity contribution >= 4 is 6.03 Å². The summed E-state index contributed by atoms with van der Waals surface area (Å²) in [6.45, 7) is 10.4. The second-order valence-electron chi connectivity index (χ2n) is 6.21. The molecule has 2 N–H and O–H groups in total. The highest BCUT2D eigenvalue weighted by atomic mass is 16.5. The normalized spacial score (nSPS) is 22.2. The van der Waals surface area contributed by atoms with Gasteiger partial charge >= 0.3 is 6.03 Å². The Morgan fingerprint density at radius 3 is 2.84 bits per heavy atom. The summed E-state index contributed by atoms with van der Waals surface area (Å²) in [5.74, 6) is 0. The minimum absolute atomic E-state index is 0.0196. The van der Waals surface area contributed by atoms with Crippen molar-refractivity contribution in [3.05, 3.63) is 0 Å². The molecule has 1 rings (SSSR count). The van der Waals surface area contributed by atoms with E-state index in [4.69, 9.17) is 4.74 Å². The summed E-state index contributed by atoms with van der Waals surface area (Å²) in [6.07, 6.45) is 1.23. The Hall–Kier alpha value is -0.810. The fourth-order valence-electron chi connectivity index (χ4n) is 2.55. The third-order valence-electron chi connectivity index (χ3n) is 3.53. The molecule has 19 heavy (non-hydrogen) atoms. The Morgan fingerprint density at radius 2 is 2.26 bits per heavy atom. The van der Waals surface area contributed by atoms with Crippen molar-refractivity contribution in [1.29, 1.82) is 0 Å². The molecular formula is C14H28N2O3. The number of hydrogen-bond donors (Lipinski definition) is 2. The summed E-state index contributed by atoms with van der Waals surface area (Å²) in [5, 5.41) is 12.4. The van der Waals surface area contributed by atoms with Gasteiger partial charge in [0.25, 0.3) is 0 Å². The molecule has 0 spiro atoms. The first-order valence-electron chi connectivity index (χ1n) is 7.16. The van der Waals surface area contributed by atoms with Crippen LogP contribution in [0.2, 0.25) is 0 Å². The van der Waals surface area contributed by atoms with Crippen LogP contribution >= 0.6 is 0 Å². The lowest BCUT2D eigenvalue weighted by molar-refractivity contribution is 0.0106. The first-order valence-corrected chi connectivity index (χ1v) is 7.16. The molecule has 112 valence electrons. The predicted molar refractivity (Wildman–Crippen MR) is 75.1 cm³/mol. The third-order valence-corrected chi connectivity index (χ3v) is 3.53. The van der Waals surface area contributed by atoms with Crippen LogP contribution in [0.1, 0.15) is 40.5 Å². The number of carbonyl (C=O) groups is 1. The fourth-order valence-corrected chi connectivity index (χ4v) is 2.55. The Bertz CT molecular complexity index is 292. The van der Waals surface area contributed by atoms with Crippen molar-refractivity contribution in [2.75, 3.05) is 26.3 Å². The van der Waals surface area contributed by atoms with E-state index in [1.165, 1.54) is 0 Å². The van der Waals surface area contributed by atoms with Crippen molar-refractivity contribution in [2.24, 2.45) is 5.41 Å². The van der Waals surface area contributed by atoms with E-state index in [2.05, 4.69) is 26.1 Å². The van der Waals surface area contributed by atoms with Crippen LogP contribution in [0, 0.1) is 5.41 Å².